The van der Waals surface area contributed by atoms with Crippen LogP contribution in [0.2, 0.25) is 0 Å². The molecule has 0 aromatic carbocycles. The van der Waals surface area contributed by atoms with Crippen molar-refractivity contribution in [1.82, 2.24) is 19.9 Å². The van der Waals surface area contributed by atoms with Crippen LogP contribution in [0.15, 0.2) is 21.6 Å². The van der Waals surface area contributed by atoms with E-state index in [0.717, 1.165) is 26.8 Å². The fourth-order valence-electron chi connectivity index (χ4n) is 2.52. The second-order valence-corrected chi connectivity index (χ2v) is 9.10. The first-order chi connectivity index (χ1) is 12.2. The third-order valence-electron chi connectivity index (χ3n) is 4.38. The maximum absolute atomic E-state index is 12.7. The Morgan fingerprint density at radius 1 is 1.27 bits per heavy atom. The van der Waals surface area contributed by atoms with Crippen molar-refractivity contribution in [2.24, 2.45) is 0 Å². The summed E-state index contributed by atoms with van der Waals surface area (Å²) in [5.74, 6) is 0.418. The highest BCUT2D eigenvalue weighted by atomic mass is 32.2. The average molecular weight is 395 g/mol. The zero-order valence-electron chi connectivity index (χ0n) is 15.4. The summed E-state index contributed by atoms with van der Waals surface area (Å²) in [4.78, 5) is 5.56. The topological polar surface area (TPSA) is 101 Å². The minimum atomic E-state index is -3.80. The Morgan fingerprint density at radius 3 is 2.54 bits per heavy atom. The van der Waals surface area contributed by atoms with E-state index in [-0.39, 0.29) is 11.1 Å². The van der Waals surface area contributed by atoms with Crippen LogP contribution in [0.25, 0.3) is 11.5 Å². The summed E-state index contributed by atoms with van der Waals surface area (Å²) in [6, 6.07) is 2.68. The lowest BCUT2D eigenvalue weighted by atomic mass is 10.2. The van der Waals surface area contributed by atoms with Gasteiger partial charge in [0, 0.05) is 16.1 Å². The number of hydrogen-bond acceptors (Lipinski definition) is 6. The summed E-state index contributed by atoms with van der Waals surface area (Å²) in [6.45, 7) is 9.62. The van der Waals surface area contributed by atoms with Crippen molar-refractivity contribution in [3.05, 3.63) is 39.0 Å². The molecule has 0 bridgehead atoms. The first kappa shape index (κ1) is 18.8. The van der Waals surface area contributed by atoms with Gasteiger partial charge in [-0.3, -0.25) is 5.10 Å². The molecule has 0 aliphatic carbocycles. The molecule has 3 aromatic heterocycles. The lowest BCUT2D eigenvalue weighted by molar-refractivity contribution is 0.448. The van der Waals surface area contributed by atoms with Crippen LogP contribution < -0.4 is 4.72 Å². The van der Waals surface area contributed by atoms with Crippen LogP contribution in [-0.2, 0) is 10.0 Å². The quantitative estimate of drug-likeness (QED) is 0.662. The first-order valence-corrected chi connectivity index (χ1v) is 10.6. The highest BCUT2D eigenvalue weighted by molar-refractivity contribution is 7.89. The van der Waals surface area contributed by atoms with E-state index in [0.29, 0.717) is 17.9 Å². The molecule has 3 aromatic rings. The van der Waals surface area contributed by atoms with Crippen molar-refractivity contribution in [3.63, 3.8) is 0 Å². The number of thiazole rings is 1. The van der Waals surface area contributed by atoms with Gasteiger partial charge in [0.2, 0.25) is 5.09 Å². The van der Waals surface area contributed by atoms with Gasteiger partial charge in [-0.1, -0.05) is 6.92 Å². The molecule has 1 unspecified atom stereocenters. The van der Waals surface area contributed by atoms with Gasteiger partial charge >= 0.3 is 0 Å². The van der Waals surface area contributed by atoms with Gasteiger partial charge in [-0.15, -0.1) is 11.3 Å². The SMILES string of the molecule is CCC(NS(=O)(=O)c1ccc(-c2n[nH]c(C)c2C)o1)c1nc(C)c(C)s1. The number of nitrogens with one attached hydrogen (secondary N) is 2. The first-order valence-electron chi connectivity index (χ1n) is 8.31. The fourth-order valence-corrected chi connectivity index (χ4v) is 4.86. The summed E-state index contributed by atoms with van der Waals surface area (Å²) < 4.78 is 33.8. The third-order valence-corrected chi connectivity index (χ3v) is 6.91. The highest BCUT2D eigenvalue weighted by Gasteiger charge is 2.26. The van der Waals surface area contributed by atoms with Crippen LogP contribution >= 0.6 is 11.3 Å². The third kappa shape index (κ3) is 3.46. The maximum Gasteiger partial charge on any atom is 0.274 e. The second kappa shape index (κ2) is 6.98. The number of rotatable bonds is 6. The number of aromatic nitrogens is 3. The Bertz CT molecular complexity index is 1010. The van der Waals surface area contributed by atoms with Crippen LogP contribution in [0.5, 0.6) is 0 Å². The van der Waals surface area contributed by atoms with Gasteiger partial charge in [-0.2, -0.15) is 9.82 Å². The lowest BCUT2D eigenvalue weighted by Crippen LogP contribution is -2.28. The van der Waals surface area contributed by atoms with Gasteiger partial charge in [-0.25, -0.2) is 13.4 Å². The van der Waals surface area contributed by atoms with Crippen LogP contribution in [0, 0.1) is 27.7 Å². The predicted molar refractivity (Wildman–Crippen MR) is 101 cm³/mol. The maximum atomic E-state index is 12.7. The molecule has 3 rings (SSSR count). The van der Waals surface area contributed by atoms with Gasteiger partial charge in [-0.05, 0) is 46.2 Å². The minimum Gasteiger partial charge on any atom is -0.442 e. The summed E-state index contributed by atoms with van der Waals surface area (Å²) >= 11 is 1.51. The fraction of sp³-hybridized carbons (Fsp3) is 0.412. The molecule has 0 saturated carbocycles. The summed E-state index contributed by atoms with van der Waals surface area (Å²) in [6.07, 6.45) is 0.594. The minimum absolute atomic E-state index is 0.129. The zero-order chi connectivity index (χ0) is 19.1. The largest absolute Gasteiger partial charge is 0.442 e. The van der Waals surface area contributed by atoms with Crippen LogP contribution in [0.3, 0.4) is 0 Å². The Labute approximate surface area is 156 Å². The van der Waals surface area contributed by atoms with E-state index in [1.165, 1.54) is 17.4 Å². The molecule has 7 nitrogen and oxygen atoms in total. The molecule has 0 aliphatic rings. The van der Waals surface area contributed by atoms with Gasteiger partial charge in [0.15, 0.2) is 5.76 Å². The molecule has 140 valence electrons. The number of H-pyrrole nitrogens is 1. The van der Waals surface area contributed by atoms with E-state index in [1.807, 2.05) is 34.6 Å². The molecule has 0 saturated heterocycles. The van der Waals surface area contributed by atoms with Crippen molar-refractivity contribution >= 4 is 21.4 Å². The van der Waals surface area contributed by atoms with Crippen LogP contribution in [-0.4, -0.2) is 23.6 Å². The molecule has 0 amide bonds. The van der Waals surface area contributed by atoms with Crippen molar-refractivity contribution in [2.75, 3.05) is 0 Å². The molecule has 0 fully saturated rings. The van der Waals surface area contributed by atoms with Gasteiger partial charge in [0.05, 0.1) is 11.7 Å². The molecule has 26 heavy (non-hydrogen) atoms. The van der Waals surface area contributed by atoms with Gasteiger partial charge in [0.1, 0.15) is 10.7 Å². The predicted octanol–water partition coefficient (Wildman–Crippen LogP) is 3.79. The summed E-state index contributed by atoms with van der Waals surface area (Å²) in [7, 11) is -3.80. The van der Waals surface area contributed by atoms with Crippen LogP contribution in [0.4, 0.5) is 0 Å². The highest BCUT2D eigenvalue weighted by Crippen LogP contribution is 2.29. The van der Waals surface area contributed by atoms with Crippen molar-refractivity contribution in [3.8, 4) is 11.5 Å². The smallest absolute Gasteiger partial charge is 0.274 e. The standard InChI is InChI=1S/C17H22N4O3S2/c1-6-13(17-18-11(4)12(5)25-17)21-26(22,23)15-8-7-14(24-15)16-9(2)10(3)19-20-16/h7-8,13,21H,6H2,1-5H3,(H,19,20). The Balaban J connectivity index is 1.87. The van der Waals surface area contributed by atoms with Crippen molar-refractivity contribution in [1.29, 1.82) is 0 Å². The Hall–Kier alpha value is -1.97. The van der Waals surface area contributed by atoms with E-state index in [4.69, 9.17) is 4.42 Å². The molecular formula is C17H22N4O3S2. The Morgan fingerprint density at radius 2 is 2.00 bits per heavy atom. The number of aromatic amines is 1. The summed E-state index contributed by atoms with van der Waals surface area (Å²) in [5, 5.41) is 7.68. The van der Waals surface area contributed by atoms with E-state index in [9.17, 15) is 8.42 Å². The molecular weight excluding hydrogens is 372 g/mol. The lowest BCUT2D eigenvalue weighted by Gasteiger charge is -2.13. The number of sulfonamides is 1. The number of aryl methyl sites for hydroxylation is 3. The molecule has 0 radical (unpaired) electrons. The number of nitrogens with zero attached hydrogens (tertiary/aromatic N) is 2. The van der Waals surface area contributed by atoms with E-state index in [1.54, 1.807) is 6.07 Å². The average Bonchev–Trinajstić information content (AvgIpc) is 3.28. The van der Waals surface area contributed by atoms with E-state index in [2.05, 4.69) is 19.9 Å². The molecule has 1 atom stereocenters. The molecule has 9 heteroatoms. The Kier molecular flexibility index (Phi) is 5.05. The molecule has 0 spiro atoms. The van der Waals surface area contributed by atoms with E-state index < -0.39 is 10.0 Å². The van der Waals surface area contributed by atoms with E-state index >= 15 is 0 Å². The van der Waals surface area contributed by atoms with Crippen molar-refractivity contribution in [2.45, 2.75) is 52.2 Å². The normalized spacial score (nSPS) is 13.3. The monoisotopic (exact) mass is 394 g/mol. The molecule has 2 N–H and O–H groups in total. The summed E-state index contributed by atoms with van der Waals surface area (Å²) in [5.41, 5.74) is 3.38. The second-order valence-electron chi connectivity index (χ2n) is 6.22. The van der Waals surface area contributed by atoms with Gasteiger partial charge < -0.3 is 4.42 Å². The number of furan rings is 1. The van der Waals surface area contributed by atoms with Crippen LogP contribution in [0.1, 0.15) is 46.2 Å². The molecule has 3 heterocycles. The molecule has 0 aliphatic heterocycles. The van der Waals surface area contributed by atoms with Gasteiger partial charge in [0.25, 0.3) is 10.0 Å². The van der Waals surface area contributed by atoms with Crippen molar-refractivity contribution < 1.29 is 12.8 Å². The zero-order valence-corrected chi connectivity index (χ0v) is 17.0. The number of hydrogen-bond donors (Lipinski definition) is 2.